The molecule has 1 unspecified atom stereocenters. The zero-order chi connectivity index (χ0) is 14.7. The Bertz CT molecular complexity index is 609. The van der Waals surface area contributed by atoms with Crippen LogP contribution in [0.3, 0.4) is 0 Å². The van der Waals surface area contributed by atoms with Crippen LogP contribution in [-0.4, -0.2) is 10.8 Å². The molecule has 0 aliphatic carbocycles. The molecule has 3 heteroatoms. The highest BCUT2D eigenvalue weighted by molar-refractivity contribution is 5.77. The molecule has 0 aromatic heterocycles. The van der Waals surface area contributed by atoms with Crippen molar-refractivity contribution in [2.45, 2.75) is 31.8 Å². The maximum Gasteiger partial charge on any atom is 0.223 e. The molecular weight excluding hydrogens is 265 g/mol. The lowest BCUT2D eigenvalue weighted by atomic mass is 9.94. The topological polar surface area (TPSA) is 20.3 Å². The summed E-state index contributed by atoms with van der Waals surface area (Å²) in [6.45, 7) is 0.613. The van der Waals surface area contributed by atoms with Gasteiger partial charge in [0.2, 0.25) is 5.91 Å². The summed E-state index contributed by atoms with van der Waals surface area (Å²) < 4.78 is 13.1. The summed E-state index contributed by atoms with van der Waals surface area (Å²) in [6, 6.07) is 16.6. The number of rotatable bonds is 3. The van der Waals surface area contributed by atoms with E-state index in [-0.39, 0.29) is 17.8 Å². The van der Waals surface area contributed by atoms with Crippen molar-refractivity contribution in [1.82, 2.24) is 4.90 Å². The second kappa shape index (κ2) is 6.08. The summed E-state index contributed by atoms with van der Waals surface area (Å²) in [5, 5.41) is 0. The predicted molar refractivity (Wildman–Crippen MR) is 80.0 cm³/mol. The summed E-state index contributed by atoms with van der Waals surface area (Å²) in [6.07, 6.45) is 2.43. The highest BCUT2D eigenvalue weighted by Crippen LogP contribution is 2.32. The van der Waals surface area contributed by atoms with Gasteiger partial charge in [0.15, 0.2) is 0 Å². The third kappa shape index (κ3) is 3.13. The van der Waals surface area contributed by atoms with E-state index in [9.17, 15) is 9.18 Å². The van der Waals surface area contributed by atoms with Crippen molar-refractivity contribution in [1.29, 1.82) is 0 Å². The van der Waals surface area contributed by atoms with Crippen LogP contribution in [-0.2, 0) is 11.3 Å². The molecule has 1 atom stereocenters. The summed E-state index contributed by atoms with van der Waals surface area (Å²) in [4.78, 5) is 14.2. The Kier molecular flexibility index (Phi) is 4.00. The molecule has 21 heavy (non-hydrogen) atoms. The van der Waals surface area contributed by atoms with E-state index in [0.717, 1.165) is 24.0 Å². The molecule has 1 fully saturated rings. The minimum Gasteiger partial charge on any atom is -0.331 e. The molecule has 0 saturated carbocycles. The predicted octanol–water partition coefficient (Wildman–Crippen LogP) is 4.08. The first-order chi connectivity index (χ1) is 10.2. The Balaban J connectivity index is 1.86. The molecular formula is C18H18FNO. The average Bonchev–Trinajstić information content (AvgIpc) is 2.51. The van der Waals surface area contributed by atoms with Crippen molar-refractivity contribution in [3.63, 3.8) is 0 Å². The molecule has 0 N–H and O–H groups in total. The van der Waals surface area contributed by atoms with E-state index in [1.165, 1.54) is 12.1 Å². The van der Waals surface area contributed by atoms with Crippen molar-refractivity contribution in [2.75, 3.05) is 0 Å². The lowest BCUT2D eigenvalue weighted by Gasteiger charge is -2.36. The molecule has 2 aromatic rings. The normalized spacial score (nSPS) is 18.8. The Morgan fingerprint density at radius 1 is 1.05 bits per heavy atom. The fourth-order valence-electron chi connectivity index (χ4n) is 2.93. The monoisotopic (exact) mass is 283 g/mol. The van der Waals surface area contributed by atoms with Gasteiger partial charge in [0.1, 0.15) is 5.82 Å². The van der Waals surface area contributed by atoms with E-state index in [0.29, 0.717) is 13.0 Å². The number of piperidine rings is 1. The van der Waals surface area contributed by atoms with E-state index < -0.39 is 0 Å². The van der Waals surface area contributed by atoms with Gasteiger partial charge in [-0.25, -0.2) is 4.39 Å². The Morgan fingerprint density at radius 2 is 1.76 bits per heavy atom. The van der Waals surface area contributed by atoms with Crippen molar-refractivity contribution >= 4 is 5.91 Å². The number of benzene rings is 2. The minimum absolute atomic E-state index is 0.0482. The van der Waals surface area contributed by atoms with Crippen LogP contribution in [0.2, 0.25) is 0 Å². The maximum absolute atomic E-state index is 13.1. The lowest BCUT2D eigenvalue weighted by Crippen LogP contribution is -2.37. The number of carbonyl (C=O) groups excluding carboxylic acids is 1. The van der Waals surface area contributed by atoms with Crippen LogP contribution < -0.4 is 0 Å². The smallest absolute Gasteiger partial charge is 0.223 e. The summed E-state index contributed by atoms with van der Waals surface area (Å²) in [5.74, 6) is -0.0603. The van der Waals surface area contributed by atoms with Gasteiger partial charge in [0, 0.05) is 13.0 Å². The number of carbonyl (C=O) groups is 1. The first kappa shape index (κ1) is 13.8. The highest BCUT2D eigenvalue weighted by atomic mass is 19.1. The number of hydrogen-bond donors (Lipinski definition) is 0. The van der Waals surface area contributed by atoms with Crippen LogP contribution in [0, 0.1) is 5.82 Å². The molecule has 1 aliphatic heterocycles. The van der Waals surface area contributed by atoms with Gasteiger partial charge in [-0.05, 0) is 36.1 Å². The van der Waals surface area contributed by atoms with Gasteiger partial charge in [0.05, 0.1) is 6.04 Å². The molecule has 108 valence electrons. The van der Waals surface area contributed by atoms with E-state index >= 15 is 0 Å². The van der Waals surface area contributed by atoms with Crippen molar-refractivity contribution in [3.8, 4) is 0 Å². The van der Waals surface area contributed by atoms with Crippen LogP contribution in [0.15, 0.2) is 54.6 Å². The van der Waals surface area contributed by atoms with Gasteiger partial charge in [-0.15, -0.1) is 0 Å². The van der Waals surface area contributed by atoms with E-state index in [2.05, 4.69) is 0 Å². The minimum atomic E-state index is -0.240. The molecule has 1 heterocycles. The lowest BCUT2D eigenvalue weighted by molar-refractivity contribution is -0.137. The number of halogens is 1. The summed E-state index contributed by atoms with van der Waals surface area (Å²) in [7, 11) is 0. The van der Waals surface area contributed by atoms with Gasteiger partial charge in [-0.3, -0.25) is 4.79 Å². The summed E-state index contributed by atoms with van der Waals surface area (Å²) >= 11 is 0. The van der Waals surface area contributed by atoms with Crippen LogP contribution >= 0.6 is 0 Å². The number of hydrogen-bond acceptors (Lipinski definition) is 1. The van der Waals surface area contributed by atoms with Gasteiger partial charge in [-0.1, -0.05) is 42.5 Å². The zero-order valence-electron chi connectivity index (χ0n) is 11.8. The molecule has 2 nitrogen and oxygen atoms in total. The van der Waals surface area contributed by atoms with E-state index in [1.54, 1.807) is 12.1 Å². The Morgan fingerprint density at radius 3 is 2.48 bits per heavy atom. The second-order valence-corrected chi connectivity index (χ2v) is 5.47. The van der Waals surface area contributed by atoms with Gasteiger partial charge in [-0.2, -0.15) is 0 Å². The number of likely N-dealkylation sites (tertiary alicyclic amines) is 1. The largest absolute Gasteiger partial charge is 0.331 e. The molecule has 2 aromatic carbocycles. The molecule has 1 aliphatic rings. The maximum atomic E-state index is 13.1. The van der Waals surface area contributed by atoms with Crippen LogP contribution in [0.1, 0.15) is 36.4 Å². The zero-order valence-corrected chi connectivity index (χ0v) is 11.8. The molecule has 0 radical (unpaired) electrons. The fraction of sp³-hybridized carbons (Fsp3) is 0.278. The SMILES string of the molecule is O=C1CCCC(c2ccc(F)cc2)N1Cc1ccccc1. The van der Waals surface area contributed by atoms with Crippen molar-refractivity contribution in [3.05, 3.63) is 71.5 Å². The molecule has 1 saturated heterocycles. The van der Waals surface area contributed by atoms with E-state index in [1.807, 2.05) is 35.2 Å². The van der Waals surface area contributed by atoms with Crippen LogP contribution in [0.25, 0.3) is 0 Å². The quantitative estimate of drug-likeness (QED) is 0.831. The summed E-state index contributed by atoms with van der Waals surface area (Å²) in [5.41, 5.74) is 2.14. The third-order valence-electron chi connectivity index (χ3n) is 4.02. The number of amides is 1. The first-order valence-electron chi connectivity index (χ1n) is 7.33. The highest BCUT2D eigenvalue weighted by Gasteiger charge is 2.29. The molecule has 1 amide bonds. The third-order valence-corrected chi connectivity index (χ3v) is 4.02. The van der Waals surface area contributed by atoms with E-state index in [4.69, 9.17) is 0 Å². The molecule has 3 rings (SSSR count). The van der Waals surface area contributed by atoms with Gasteiger partial charge >= 0.3 is 0 Å². The second-order valence-electron chi connectivity index (χ2n) is 5.47. The van der Waals surface area contributed by atoms with Crippen molar-refractivity contribution in [2.24, 2.45) is 0 Å². The standard InChI is InChI=1S/C18H18FNO/c19-16-11-9-15(10-12-16)17-7-4-8-18(21)20(17)13-14-5-2-1-3-6-14/h1-3,5-6,9-12,17H,4,7-8,13H2. The molecule has 0 bridgehead atoms. The average molecular weight is 283 g/mol. The fourth-order valence-corrected chi connectivity index (χ4v) is 2.93. The van der Waals surface area contributed by atoms with Crippen molar-refractivity contribution < 1.29 is 9.18 Å². The van der Waals surface area contributed by atoms with Gasteiger partial charge in [0.25, 0.3) is 0 Å². The van der Waals surface area contributed by atoms with Crippen LogP contribution in [0.4, 0.5) is 4.39 Å². The Labute approximate surface area is 124 Å². The first-order valence-corrected chi connectivity index (χ1v) is 7.33. The van der Waals surface area contributed by atoms with Gasteiger partial charge < -0.3 is 4.90 Å². The Hall–Kier alpha value is -2.16. The number of nitrogens with zero attached hydrogens (tertiary/aromatic N) is 1. The molecule has 0 spiro atoms. The van der Waals surface area contributed by atoms with Crippen LogP contribution in [0.5, 0.6) is 0 Å².